The van der Waals surface area contributed by atoms with Crippen molar-refractivity contribution >= 4 is 34.6 Å². The van der Waals surface area contributed by atoms with Gasteiger partial charge in [-0.25, -0.2) is 0 Å². The molecule has 5 rings (SSSR count). The molecule has 234 valence electrons. The number of likely N-dealkylation sites (N-methyl/N-ethyl adjacent to an activating group) is 1. The summed E-state index contributed by atoms with van der Waals surface area (Å²) in [4.78, 5) is 42.8. The standard InChI is InChI=1S/C31H36N4O9/c1-34(2)18-11-17(33-12-13-6-7-20(44-5)19(36)8-13)25(37)22-15(18)9-14-10-16-24(35(3)4)27(39)23(30(32)42)29(41)31(16,43)28(40)21(14)26(22)38/h6-8,11,14,16,24,33,36-38,41,43H,9-10,12H2,1-5H3,(H2,32,42)/t14-,16-,24-,31-/m1/s1. The van der Waals surface area contributed by atoms with Gasteiger partial charge in [0.2, 0.25) is 5.78 Å². The molecule has 1 amide bonds. The number of Topliss-reactive ketones (excluding diaryl/α,β-unsaturated/α-hetero) is 2. The number of hydrogen-bond donors (Lipinski definition) is 7. The Hall–Kier alpha value is -4.75. The number of amides is 1. The molecule has 2 aromatic rings. The minimum absolute atomic E-state index is 0.000354. The van der Waals surface area contributed by atoms with E-state index in [-0.39, 0.29) is 47.7 Å². The van der Waals surface area contributed by atoms with Crippen LogP contribution < -0.4 is 20.7 Å². The first-order valence-corrected chi connectivity index (χ1v) is 14.0. The number of nitrogens with one attached hydrogen (secondary N) is 1. The first-order chi connectivity index (χ1) is 20.6. The van der Waals surface area contributed by atoms with E-state index >= 15 is 0 Å². The molecule has 0 aliphatic heterocycles. The van der Waals surface area contributed by atoms with Crippen molar-refractivity contribution in [2.45, 2.75) is 31.0 Å². The smallest absolute Gasteiger partial charge is 0.255 e. The highest BCUT2D eigenvalue weighted by Gasteiger charge is 2.64. The number of anilines is 2. The highest BCUT2D eigenvalue weighted by Crippen LogP contribution is 2.54. The lowest BCUT2D eigenvalue weighted by Gasteiger charge is -2.50. The minimum Gasteiger partial charge on any atom is -0.508 e. The van der Waals surface area contributed by atoms with Crippen molar-refractivity contribution in [1.29, 1.82) is 0 Å². The van der Waals surface area contributed by atoms with E-state index in [2.05, 4.69) is 5.32 Å². The SMILES string of the molecule is COc1ccc(CNc2cc(N(C)C)c3c(c2O)C(O)=C2C(=O)[C@@]4(O)C(O)=C(C(N)=O)C(=O)[C@H](N(C)C)[C@H]4C[C@H]2C3)cc1O. The Morgan fingerprint density at radius 3 is 2.36 bits per heavy atom. The molecule has 4 atom stereocenters. The van der Waals surface area contributed by atoms with Crippen molar-refractivity contribution < 1.29 is 44.7 Å². The van der Waals surface area contributed by atoms with E-state index in [1.807, 2.05) is 0 Å². The molecule has 3 aliphatic rings. The second-order valence-electron chi connectivity index (χ2n) is 11.9. The normalized spacial score (nSPS) is 24.6. The average Bonchev–Trinajstić information content (AvgIpc) is 2.94. The number of primary amides is 1. The molecule has 13 heteroatoms. The average molecular weight is 609 g/mol. The summed E-state index contributed by atoms with van der Waals surface area (Å²) in [5.41, 5.74) is 3.65. The number of methoxy groups -OCH3 is 1. The molecule has 8 N–H and O–H groups in total. The summed E-state index contributed by atoms with van der Waals surface area (Å²) in [6.45, 7) is 0.172. The van der Waals surface area contributed by atoms with Crippen LogP contribution in [0.25, 0.3) is 5.76 Å². The predicted octanol–water partition coefficient (Wildman–Crippen LogP) is 1.36. The number of ketones is 2. The third kappa shape index (κ3) is 4.42. The fraction of sp³-hybridized carbons (Fsp3) is 0.387. The Morgan fingerprint density at radius 1 is 1.11 bits per heavy atom. The zero-order valence-electron chi connectivity index (χ0n) is 25.0. The molecular formula is C31H36N4O9. The minimum atomic E-state index is -2.71. The van der Waals surface area contributed by atoms with Crippen LogP contribution in [0.15, 0.2) is 41.2 Å². The number of benzene rings is 2. The van der Waals surface area contributed by atoms with E-state index < -0.39 is 58.0 Å². The van der Waals surface area contributed by atoms with Crippen molar-refractivity contribution in [2.24, 2.45) is 17.6 Å². The number of phenols is 2. The Balaban J connectivity index is 1.64. The number of phenolic OH excluding ortho intramolecular Hbond substituents is 2. The van der Waals surface area contributed by atoms with Gasteiger partial charge < -0.3 is 46.2 Å². The van der Waals surface area contributed by atoms with E-state index in [0.717, 1.165) is 0 Å². The number of nitrogens with two attached hydrogens (primary N) is 1. The maximum Gasteiger partial charge on any atom is 0.255 e. The van der Waals surface area contributed by atoms with E-state index in [1.54, 1.807) is 51.3 Å². The Morgan fingerprint density at radius 2 is 1.80 bits per heavy atom. The van der Waals surface area contributed by atoms with Gasteiger partial charge in [-0.1, -0.05) is 6.07 Å². The van der Waals surface area contributed by atoms with Crippen molar-refractivity contribution in [3.05, 3.63) is 57.9 Å². The van der Waals surface area contributed by atoms with Crippen molar-refractivity contribution in [2.75, 3.05) is 45.5 Å². The maximum atomic E-state index is 14.1. The lowest BCUT2D eigenvalue weighted by atomic mass is 9.57. The van der Waals surface area contributed by atoms with Gasteiger partial charge in [0.25, 0.3) is 5.91 Å². The number of aliphatic hydroxyl groups is 3. The largest absolute Gasteiger partial charge is 0.508 e. The second-order valence-corrected chi connectivity index (χ2v) is 11.9. The molecule has 0 spiro atoms. The number of ether oxygens (including phenoxy) is 1. The number of carbonyl (C=O) groups is 3. The van der Waals surface area contributed by atoms with Crippen LogP contribution in [0.2, 0.25) is 0 Å². The maximum absolute atomic E-state index is 14.1. The summed E-state index contributed by atoms with van der Waals surface area (Å²) in [5, 5.41) is 59.2. The van der Waals surface area contributed by atoms with Crippen molar-refractivity contribution in [3.63, 3.8) is 0 Å². The Bertz CT molecular complexity index is 1660. The Kier molecular flexibility index (Phi) is 7.50. The lowest BCUT2D eigenvalue weighted by Crippen LogP contribution is -2.65. The summed E-state index contributed by atoms with van der Waals surface area (Å²) in [5.74, 6) is -6.82. The van der Waals surface area contributed by atoms with Gasteiger partial charge in [0, 0.05) is 37.8 Å². The highest BCUT2D eigenvalue weighted by molar-refractivity contribution is 6.24. The number of nitrogens with zero attached hydrogens (tertiary/aromatic N) is 2. The third-order valence-electron chi connectivity index (χ3n) is 8.91. The van der Waals surface area contributed by atoms with Crippen LogP contribution >= 0.6 is 0 Å². The van der Waals surface area contributed by atoms with Gasteiger partial charge in [0.15, 0.2) is 22.9 Å². The van der Waals surface area contributed by atoms with E-state index in [4.69, 9.17) is 10.5 Å². The van der Waals surface area contributed by atoms with E-state index in [9.17, 15) is 39.9 Å². The highest BCUT2D eigenvalue weighted by atomic mass is 16.5. The predicted molar refractivity (Wildman–Crippen MR) is 161 cm³/mol. The zero-order valence-corrected chi connectivity index (χ0v) is 25.0. The second kappa shape index (κ2) is 10.8. The lowest BCUT2D eigenvalue weighted by molar-refractivity contribution is -0.153. The van der Waals surface area contributed by atoms with Gasteiger partial charge >= 0.3 is 0 Å². The van der Waals surface area contributed by atoms with Gasteiger partial charge in [0.1, 0.15) is 22.8 Å². The quantitative estimate of drug-likeness (QED) is 0.176. The third-order valence-corrected chi connectivity index (χ3v) is 8.91. The van der Waals surface area contributed by atoms with Crippen LogP contribution in [-0.4, -0.2) is 94.8 Å². The number of carbonyl (C=O) groups excluding carboxylic acids is 3. The Labute approximate surface area is 253 Å². The van der Waals surface area contributed by atoms with Gasteiger partial charge in [-0.3, -0.25) is 19.3 Å². The number of rotatable bonds is 7. The monoisotopic (exact) mass is 608 g/mol. The molecule has 0 radical (unpaired) electrons. The topological polar surface area (TPSA) is 206 Å². The van der Waals surface area contributed by atoms with Gasteiger partial charge in [-0.05, 0) is 62.2 Å². The van der Waals surface area contributed by atoms with Crippen molar-refractivity contribution in [1.82, 2.24) is 4.90 Å². The molecule has 0 unspecified atom stereocenters. The van der Waals surface area contributed by atoms with Crippen LogP contribution in [0.1, 0.15) is 23.1 Å². The van der Waals surface area contributed by atoms with Gasteiger partial charge in [-0.2, -0.15) is 0 Å². The summed E-state index contributed by atoms with van der Waals surface area (Å²) >= 11 is 0. The molecule has 1 fully saturated rings. The summed E-state index contributed by atoms with van der Waals surface area (Å²) in [7, 11) is 8.12. The van der Waals surface area contributed by atoms with E-state index in [1.165, 1.54) is 18.1 Å². The van der Waals surface area contributed by atoms with Gasteiger partial charge in [0.05, 0.1) is 24.4 Å². The molecule has 44 heavy (non-hydrogen) atoms. The molecule has 0 aromatic heterocycles. The summed E-state index contributed by atoms with van der Waals surface area (Å²) in [6.07, 6.45) is 0.169. The molecule has 0 heterocycles. The number of aromatic hydroxyl groups is 2. The van der Waals surface area contributed by atoms with Gasteiger partial charge in [-0.15, -0.1) is 0 Å². The van der Waals surface area contributed by atoms with Crippen LogP contribution in [0.4, 0.5) is 11.4 Å². The van der Waals surface area contributed by atoms with Crippen LogP contribution in [0.5, 0.6) is 17.2 Å². The molecule has 1 saturated carbocycles. The molecule has 0 bridgehead atoms. The molecule has 13 nitrogen and oxygen atoms in total. The molecule has 3 aliphatic carbocycles. The number of hydrogen-bond acceptors (Lipinski definition) is 12. The van der Waals surface area contributed by atoms with E-state index in [0.29, 0.717) is 22.6 Å². The van der Waals surface area contributed by atoms with Crippen LogP contribution in [-0.2, 0) is 27.3 Å². The fourth-order valence-electron chi connectivity index (χ4n) is 6.87. The number of fused-ring (bicyclic) bond motifs is 3. The zero-order chi connectivity index (χ0) is 32.4. The van der Waals surface area contributed by atoms with Crippen LogP contribution in [0.3, 0.4) is 0 Å². The van der Waals surface area contributed by atoms with Crippen LogP contribution in [0, 0.1) is 11.8 Å². The number of aliphatic hydroxyl groups excluding tert-OH is 2. The molecular weight excluding hydrogens is 572 g/mol. The summed E-state index contributed by atoms with van der Waals surface area (Å²) in [6, 6.07) is 5.38. The molecule has 0 saturated heterocycles. The summed E-state index contributed by atoms with van der Waals surface area (Å²) < 4.78 is 5.08. The first kappa shape index (κ1) is 30.7. The first-order valence-electron chi connectivity index (χ1n) is 14.0. The fourth-order valence-corrected chi connectivity index (χ4v) is 6.87. The molecule has 2 aromatic carbocycles. The van der Waals surface area contributed by atoms with Crippen molar-refractivity contribution in [3.8, 4) is 17.2 Å².